The Morgan fingerprint density at radius 1 is 1.11 bits per heavy atom. The van der Waals surface area contributed by atoms with Gasteiger partial charge in [0.05, 0.1) is 30.4 Å². The monoisotopic (exact) mass is 392 g/mol. The van der Waals surface area contributed by atoms with Gasteiger partial charge in [-0.3, -0.25) is 4.90 Å². The van der Waals surface area contributed by atoms with E-state index >= 15 is 0 Å². The minimum atomic E-state index is -3.60. The summed E-state index contributed by atoms with van der Waals surface area (Å²) < 4.78 is 39.2. The largest absolute Gasteiger partial charge is 0.468 e. The lowest BCUT2D eigenvalue weighted by atomic mass is 9.87. The molecule has 1 aromatic heterocycles. The maximum Gasteiger partial charge on any atom is 0.240 e. The number of ether oxygens (including phenoxy) is 1. The van der Waals surface area contributed by atoms with Crippen LogP contribution in [-0.2, 0) is 20.2 Å². The molecule has 1 unspecified atom stereocenters. The lowest BCUT2D eigenvalue weighted by molar-refractivity contribution is 0.0128. The molecule has 148 valence electrons. The molecule has 0 amide bonds. The standard InChI is InChI=1S/C20H28N2O4S/c1-20(2,3)16-6-8-17(9-7-16)27(23,24)21-15-18(19-5-4-12-26-19)22-10-13-25-14-11-22/h4-9,12,18,21H,10-11,13-15H2,1-3H3. The molecule has 6 nitrogen and oxygen atoms in total. The molecule has 1 aromatic carbocycles. The zero-order valence-corrected chi connectivity index (χ0v) is 17.0. The predicted octanol–water partition coefficient (Wildman–Crippen LogP) is 2.93. The fourth-order valence-corrected chi connectivity index (χ4v) is 4.22. The van der Waals surface area contributed by atoms with Crippen LogP contribution < -0.4 is 4.72 Å². The average Bonchev–Trinajstić information content (AvgIpc) is 3.16. The van der Waals surface area contributed by atoms with Gasteiger partial charge in [-0.05, 0) is 35.2 Å². The van der Waals surface area contributed by atoms with E-state index in [2.05, 4.69) is 30.4 Å². The Kier molecular flexibility index (Phi) is 6.05. The highest BCUT2D eigenvalue weighted by atomic mass is 32.2. The van der Waals surface area contributed by atoms with Crippen LogP contribution in [-0.4, -0.2) is 46.2 Å². The zero-order valence-electron chi connectivity index (χ0n) is 16.1. The van der Waals surface area contributed by atoms with E-state index in [4.69, 9.17) is 9.15 Å². The van der Waals surface area contributed by atoms with E-state index < -0.39 is 10.0 Å². The van der Waals surface area contributed by atoms with Gasteiger partial charge in [0, 0.05) is 19.6 Å². The quantitative estimate of drug-likeness (QED) is 0.818. The smallest absolute Gasteiger partial charge is 0.240 e. The Labute approximate surface area is 161 Å². The van der Waals surface area contributed by atoms with E-state index in [1.807, 2.05) is 24.3 Å². The third-order valence-corrected chi connectivity index (χ3v) is 6.29. The first-order valence-corrected chi connectivity index (χ1v) is 10.7. The van der Waals surface area contributed by atoms with Gasteiger partial charge in [0.15, 0.2) is 0 Å². The van der Waals surface area contributed by atoms with Crippen LogP contribution in [0.1, 0.15) is 38.1 Å². The summed E-state index contributed by atoms with van der Waals surface area (Å²) in [7, 11) is -3.60. The molecule has 1 aliphatic heterocycles. The molecule has 1 atom stereocenters. The predicted molar refractivity (Wildman–Crippen MR) is 104 cm³/mol. The van der Waals surface area contributed by atoms with Gasteiger partial charge >= 0.3 is 0 Å². The fraction of sp³-hybridized carbons (Fsp3) is 0.500. The molecule has 2 heterocycles. The van der Waals surface area contributed by atoms with Crippen LogP contribution in [0.2, 0.25) is 0 Å². The van der Waals surface area contributed by atoms with E-state index in [-0.39, 0.29) is 22.9 Å². The Hall–Kier alpha value is -1.67. The maximum absolute atomic E-state index is 12.8. The highest BCUT2D eigenvalue weighted by Crippen LogP contribution is 2.25. The van der Waals surface area contributed by atoms with Crippen molar-refractivity contribution < 1.29 is 17.6 Å². The summed E-state index contributed by atoms with van der Waals surface area (Å²) in [5.74, 6) is 0.752. The van der Waals surface area contributed by atoms with Gasteiger partial charge < -0.3 is 9.15 Å². The van der Waals surface area contributed by atoms with E-state index in [0.29, 0.717) is 13.2 Å². The average molecular weight is 393 g/mol. The molecule has 0 spiro atoms. The normalized spacial score (nSPS) is 17.7. The molecule has 1 saturated heterocycles. The molecule has 1 N–H and O–H groups in total. The Morgan fingerprint density at radius 2 is 1.78 bits per heavy atom. The first-order chi connectivity index (χ1) is 12.8. The minimum Gasteiger partial charge on any atom is -0.468 e. The molecule has 0 bridgehead atoms. The Bertz CT molecular complexity index is 818. The number of sulfonamides is 1. The van der Waals surface area contributed by atoms with Gasteiger partial charge in [0.1, 0.15) is 5.76 Å². The van der Waals surface area contributed by atoms with Gasteiger partial charge in [0.2, 0.25) is 10.0 Å². The molecule has 1 fully saturated rings. The second kappa shape index (κ2) is 8.14. The molecule has 2 aromatic rings. The van der Waals surface area contributed by atoms with E-state index in [9.17, 15) is 8.42 Å². The van der Waals surface area contributed by atoms with Crippen LogP contribution in [0, 0.1) is 0 Å². The minimum absolute atomic E-state index is 0.0174. The molecule has 0 aliphatic carbocycles. The number of hydrogen-bond acceptors (Lipinski definition) is 5. The lowest BCUT2D eigenvalue weighted by Gasteiger charge is -2.33. The van der Waals surface area contributed by atoms with Crippen LogP contribution >= 0.6 is 0 Å². The third kappa shape index (κ3) is 4.99. The van der Waals surface area contributed by atoms with Crippen LogP contribution in [0.3, 0.4) is 0 Å². The second-order valence-electron chi connectivity index (χ2n) is 7.81. The Morgan fingerprint density at radius 3 is 2.33 bits per heavy atom. The second-order valence-corrected chi connectivity index (χ2v) is 9.57. The molecule has 27 heavy (non-hydrogen) atoms. The van der Waals surface area contributed by atoms with Crippen LogP contribution in [0.25, 0.3) is 0 Å². The summed E-state index contributed by atoms with van der Waals surface area (Å²) >= 11 is 0. The first-order valence-electron chi connectivity index (χ1n) is 9.23. The summed E-state index contributed by atoms with van der Waals surface area (Å²) in [5.41, 5.74) is 1.08. The van der Waals surface area contributed by atoms with Crippen molar-refractivity contribution in [2.24, 2.45) is 0 Å². The van der Waals surface area contributed by atoms with Gasteiger partial charge in [0.25, 0.3) is 0 Å². The Balaban J connectivity index is 1.73. The number of furan rings is 1. The van der Waals surface area contributed by atoms with Crippen molar-refractivity contribution in [2.75, 3.05) is 32.8 Å². The molecular weight excluding hydrogens is 364 g/mol. The van der Waals surface area contributed by atoms with E-state index in [1.54, 1.807) is 18.4 Å². The zero-order chi connectivity index (χ0) is 19.5. The van der Waals surface area contributed by atoms with E-state index in [0.717, 1.165) is 24.4 Å². The molecule has 1 aliphatic rings. The van der Waals surface area contributed by atoms with Gasteiger partial charge in [-0.15, -0.1) is 0 Å². The van der Waals surface area contributed by atoms with Crippen molar-refractivity contribution in [3.05, 3.63) is 54.0 Å². The van der Waals surface area contributed by atoms with Crippen molar-refractivity contribution in [3.8, 4) is 0 Å². The fourth-order valence-electron chi connectivity index (χ4n) is 3.19. The molecule has 0 saturated carbocycles. The van der Waals surface area contributed by atoms with Crippen molar-refractivity contribution in [1.82, 2.24) is 9.62 Å². The third-order valence-electron chi connectivity index (χ3n) is 4.86. The highest BCUT2D eigenvalue weighted by Gasteiger charge is 2.27. The van der Waals surface area contributed by atoms with Gasteiger partial charge in [-0.25, -0.2) is 13.1 Å². The van der Waals surface area contributed by atoms with Crippen molar-refractivity contribution >= 4 is 10.0 Å². The van der Waals surface area contributed by atoms with Crippen molar-refractivity contribution in [1.29, 1.82) is 0 Å². The highest BCUT2D eigenvalue weighted by molar-refractivity contribution is 7.89. The number of nitrogens with zero attached hydrogens (tertiary/aromatic N) is 1. The molecule has 0 radical (unpaired) electrons. The summed E-state index contributed by atoms with van der Waals surface area (Å²) in [6, 6.07) is 10.6. The summed E-state index contributed by atoms with van der Waals surface area (Å²) in [6.07, 6.45) is 1.61. The van der Waals surface area contributed by atoms with Crippen LogP contribution in [0.4, 0.5) is 0 Å². The molecular formula is C20H28N2O4S. The number of morpholine rings is 1. The summed E-state index contributed by atoms with van der Waals surface area (Å²) in [4.78, 5) is 2.46. The van der Waals surface area contributed by atoms with Crippen molar-refractivity contribution in [3.63, 3.8) is 0 Å². The lowest BCUT2D eigenvalue weighted by Crippen LogP contribution is -2.43. The SMILES string of the molecule is CC(C)(C)c1ccc(S(=O)(=O)NCC(c2ccco2)N2CCOCC2)cc1. The number of nitrogens with one attached hydrogen (secondary N) is 1. The summed E-state index contributed by atoms with van der Waals surface area (Å²) in [5, 5.41) is 0. The molecule has 7 heteroatoms. The molecule has 3 rings (SSSR count). The van der Waals surface area contributed by atoms with Gasteiger partial charge in [-0.1, -0.05) is 32.9 Å². The van der Waals surface area contributed by atoms with Gasteiger partial charge in [-0.2, -0.15) is 0 Å². The van der Waals surface area contributed by atoms with Crippen LogP contribution in [0.15, 0.2) is 52.0 Å². The number of benzene rings is 1. The summed E-state index contributed by atoms with van der Waals surface area (Å²) in [6.45, 7) is 9.31. The topological polar surface area (TPSA) is 71.8 Å². The van der Waals surface area contributed by atoms with Crippen molar-refractivity contribution in [2.45, 2.75) is 37.1 Å². The maximum atomic E-state index is 12.8. The van der Waals surface area contributed by atoms with E-state index in [1.165, 1.54) is 0 Å². The number of hydrogen-bond donors (Lipinski definition) is 1. The number of rotatable bonds is 6. The first kappa shape index (κ1) is 20.1. The van der Waals surface area contributed by atoms with Crippen LogP contribution in [0.5, 0.6) is 0 Å².